The number of carbonyl (C=O) groups is 5. The smallest absolute Gasteiger partial charge is 0.408 e. The topological polar surface area (TPSA) is 160 Å². The summed E-state index contributed by atoms with van der Waals surface area (Å²) in [5, 5.41) is 5.29. The number of carbonyl (C=O) groups excluding carboxylic acids is 5. The standard InChI is InChI=1S/C27H39N5O7/c1-15(2)12-18(31(7)22(34)16(3)29-25(37)39-26(4,5)6)23(35)32-14-27(13-19(32)21(28)33)24(36)30-17-10-8-9-11-20(17)38-27/h8-11,15-16,18-19H,12-14H2,1-7H3,(H2,28,33)(H,29,37)(H,30,36)/t16-,18-,19-,27?/m0/s1. The van der Waals surface area contributed by atoms with Crippen LogP contribution in [0.4, 0.5) is 10.5 Å². The van der Waals surface area contributed by atoms with Crippen molar-refractivity contribution in [2.45, 2.75) is 83.7 Å². The Morgan fingerprint density at radius 3 is 2.46 bits per heavy atom. The van der Waals surface area contributed by atoms with Crippen LogP contribution in [0.25, 0.3) is 0 Å². The molecule has 0 bridgehead atoms. The Bertz CT molecular complexity index is 1150. The van der Waals surface area contributed by atoms with E-state index in [4.69, 9.17) is 15.2 Å². The fraction of sp³-hybridized carbons (Fsp3) is 0.593. The molecule has 1 aromatic rings. The lowest BCUT2D eigenvalue weighted by atomic mass is 9.96. The number of nitrogens with two attached hydrogens (primary N) is 1. The van der Waals surface area contributed by atoms with Crippen molar-refractivity contribution in [1.29, 1.82) is 0 Å². The first-order chi connectivity index (χ1) is 18.0. The van der Waals surface area contributed by atoms with Gasteiger partial charge in [-0.1, -0.05) is 26.0 Å². The number of likely N-dealkylation sites (N-methyl/N-ethyl adjacent to an activating group) is 1. The summed E-state index contributed by atoms with van der Waals surface area (Å²) < 4.78 is 11.3. The molecule has 5 amide bonds. The van der Waals surface area contributed by atoms with Crippen molar-refractivity contribution in [1.82, 2.24) is 15.1 Å². The normalized spacial score (nSPS) is 21.9. The number of amides is 5. The molecular formula is C27H39N5O7. The number of primary amides is 1. The lowest BCUT2D eigenvalue weighted by Crippen LogP contribution is -2.57. The zero-order valence-corrected chi connectivity index (χ0v) is 23.6. The van der Waals surface area contributed by atoms with E-state index in [1.54, 1.807) is 45.0 Å². The van der Waals surface area contributed by atoms with Gasteiger partial charge in [0.2, 0.25) is 23.3 Å². The summed E-state index contributed by atoms with van der Waals surface area (Å²) in [6, 6.07) is 3.77. The van der Waals surface area contributed by atoms with Crippen molar-refractivity contribution in [2.24, 2.45) is 11.7 Å². The van der Waals surface area contributed by atoms with Gasteiger partial charge in [-0.3, -0.25) is 19.2 Å². The highest BCUT2D eigenvalue weighted by Gasteiger charge is 2.57. The molecule has 12 nitrogen and oxygen atoms in total. The van der Waals surface area contributed by atoms with Gasteiger partial charge < -0.3 is 35.6 Å². The molecule has 3 rings (SSSR count). The fourth-order valence-corrected chi connectivity index (χ4v) is 4.82. The van der Waals surface area contributed by atoms with Crippen molar-refractivity contribution >= 4 is 35.4 Å². The van der Waals surface area contributed by atoms with Gasteiger partial charge in [-0.05, 0) is 52.2 Å². The number of hydrogen-bond donors (Lipinski definition) is 3. The second-order valence-corrected chi connectivity index (χ2v) is 11.6. The van der Waals surface area contributed by atoms with Crippen molar-refractivity contribution in [3.63, 3.8) is 0 Å². The Kier molecular flexibility index (Phi) is 8.47. The molecule has 39 heavy (non-hydrogen) atoms. The summed E-state index contributed by atoms with van der Waals surface area (Å²) in [6.45, 7) is 10.2. The van der Waals surface area contributed by atoms with Crippen LogP contribution in [0.1, 0.15) is 54.4 Å². The van der Waals surface area contributed by atoms with Crippen molar-refractivity contribution < 1.29 is 33.4 Å². The molecule has 1 spiro atoms. The molecule has 0 aliphatic carbocycles. The van der Waals surface area contributed by atoms with Crippen LogP contribution in [0, 0.1) is 5.92 Å². The molecule has 0 radical (unpaired) electrons. The minimum absolute atomic E-state index is 0.00646. The monoisotopic (exact) mass is 545 g/mol. The Labute approximate surface area is 228 Å². The van der Waals surface area contributed by atoms with Crippen LogP contribution < -0.4 is 21.1 Å². The number of anilines is 1. The van der Waals surface area contributed by atoms with E-state index in [1.807, 2.05) is 13.8 Å². The first-order valence-corrected chi connectivity index (χ1v) is 13.0. The molecule has 4 N–H and O–H groups in total. The molecule has 2 aliphatic rings. The Morgan fingerprint density at radius 1 is 1.23 bits per heavy atom. The number of ether oxygens (including phenoxy) is 2. The van der Waals surface area contributed by atoms with Gasteiger partial charge in [-0.2, -0.15) is 0 Å². The third-order valence-electron chi connectivity index (χ3n) is 6.69. The summed E-state index contributed by atoms with van der Waals surface area (Å²) >= 11 is 0. The highest BCUT2D eigenvalue weighted by atomic mass is 16.6. The average molecular weight is 546 g/mol. The quantitative estimate of drug-likeness (QED) is 0.469. The van der Waals surface area contributed by atoms with Gasteiger partial charge in [-0.15, -0.1) is 0 Å². The average Bonchev–Trinajstić information content (AvgIpc) is 3.21. The molecule has 4 atom stereocenters. The Morgan fingerprint density at radius 2 is 1.87 bits per heavy atom. The number of benzene rings is 1. The molecule has 214 valence electrons. The molecular weight excluding hydrogens is 506 g/mol. The molecule has 1 fully saturated rings. The molecule has 0 saturated carbocycles. The Hall–Kier alpha value is -3.83. The second-order valence-electron chi connectivity index (χ2n) is 11.6. The fourth-order valence-electron chi connectivity index (χ4n) is 4.82. The highest BCUT2D eigenvalue weighted by Crippen LogP contribution is 2.40. The van der Waals surface area contributed by atoms with E-state index in [2.05, 4.69) is 10.6 Å². The SMILES string of the molecule is CC(C)C[C@@H](C(=O)N1CC2(C[C@H]1C(N)=O)Oc1ccccc1NC2=O)N(C)C(=O)[C@H](C)NC(=O)OC(C)(C)C. The molecule has 0 aromatic heterocycles. The van der Waals surface area contributed by atoms with Crippen molar-refractivity contribution in [2.75, 3.05) is 18.9 Å². The summed E-state index contributed by atoms with van der Waals surface area (Å²) in [6.07, 6.45) is -0.623. The van der Waals surface area contributed by atoms with Gasteiger partial charge >= 0.3 is 6.09 Å². The number of nitrogens with zero attached hydrogens (tertiary/aromatic N) is 2. The molecule has 1 saturated heterocycles. The molecule has 1 unspecified atom stereocenters. The van der Waals surface area contributed by atoms with E-state index in [1.165, 1.54) is 23.8 Å². The number of alkyl carbamates (subject to hydrolysis) is 1. The van der Waals surface area contributed by atoms with Gasteiger partial charge in [-0.25, -0.2) is 4.79 Å². The number of hydrogen-bond acceptors (Lipinski definition) is 7. The predicted molar refractivity (Wildman–Crippen MR) is 143 cm³/mol. The van der Waals surface area contributed by atoms with Crippen LogP contribution in [0.3, 0.4) is 0 Å². The van der Waals surface area contributed by atoms with Crippen LogP contribution in [-0.4, -0.2) is 82.4 Å². The van der Waals surface area contributed by atoms with E-state index in [9.17, 15) is 24.0 Å². The van der Waals surface area contributed by atoms with E-state index < -0.39 is 59.0 Å². The minimum atomic E-state index is -1.51. The van der Waals surface area contributed by atoms with E-state index >= 15 is 0 Å². The van der Waals surface area contributed by atoms with Crippen LogP contribution >= 0.6 is 0 Å². The zero-order chi connectivity index (χ0) is 29.3. The van der Waals surface area contributed by atoms with Gasteiger partial charge in [0.15, 0.2) is 0 Å². The number of rotatable bonds is 7. The zero-order valence-electron chi connectivity index (χ0n) is 23.6. The van der Waals surface area contributed by atoms with Crippen LogP contribution in [0.2, 0.25) is 0 Å². The van der Waals surface area contributed by atoms with Gasteiger partial charge in [0, 0.05) is 13.5 Å². The van der Waals surface area contributed by atoms with Gasteiger partial charge in [0.05, 0.1) is 12.2 Å². The third-order valence-corrected chi connectivity index (χ3v) is 6.69. The summed E-state index contributed by atoms with van der Waals surface area (Å²) in [4.78, 5) is 67.6. The minimum Gasteiger partial charge on any atom is -0.473 e. The number of nitrogens with one attached hydrogen (secondary N) is 2. The Balaban J connectivity index is 1.85. The summed E-state index contributed by atoms with van der Waals surface area (Å²) in [7, 11) is 1.46. The summed E-state index contributed by atoms with van der Waals surface area (Å²) in [5.41, 5.74) is 3.91. The number of fused-ring (bicyclic) bond motifs is 1. The van der Waals surface area contributed by atoms with E-state index in [-0.39, 0.29) is 25.3 Å². The molecule has 2 heterocycles. The summed E-state index contributed by atoms with van der Waals surface area (Å²) in [5.74, 6) is -1.92. The maximum Gasteiger partial charge on any atom is 0.408 e. The maximum atomic E-state index is 14.0. The molecule has 12 heteroatoms. The van der Waals surface area contributed by atoms with Crippen molar-refractivity contribution in [3.8, 4) is 5.75 Å². The van der Waals surface area contributed by atoms with E-state index in [0.717, 1.165) is 0 Å². The van der Waals surface area contributed by atoms with Crippen LogP contribution in [-0.2, 0) is 23.9 Å². The number of likely N-dealkylation sites (tertiary alicyclic amines) is 1. The molecule has 1 aromatic carbocycles. The van der Waals surface area contributed by atoms with Crippen LogP contribution in [0.5, 0.6) is 5.75 Å². The van der Waals surface area contributed by atoms with Gasteiger partial charge in [0.25, 0.3) is 5.91 Å². The van der Waals surface area contributed by atoms with Crippen molar-refractivity contribution in [3.05, 3.63) is 24.3 Å². The predicted octanol–water partition coefficient (Wildman–Crippen LogP) is 1.63. The van der Waals surface area contributed by atoms with Gasteiger partial charge in [0.1, 0.15) is 29.5 Å². The lowest BCUT2D eigenvalue weighted by Gasteiger charge is -2.36. The lowest BCUT2D eigenvalue weighted by molar-refractivity contribution is -0.148. The van der Waals surface area contributed by atoms with Crippen LogP contribution in [0.15, 0.2) is 24.3 Å². The maximum absolute atomic E-state index is 14.0. The highest BCUT2D eigenvalue weighted by molar-refractivity contribution is 6.03. The largest absolute Gasteiger partial charge is 0.473 e. The third kappa shape index (κ3) is 6.61. The first-order valence-electron chi connectivity index (χ1n) is 13.0. The number of para-hydroxylation sites is 2. The molecule has 2 aliphatic heterocycles. The first kappa shape index (κ1) is 29.7. The second kappa shape index (κ2) is 11.1. The van der Waals surface area contributed by atoms with E-state index in [0.29, 0.717) is 11.4 Å².